The van der Waals surface area contributed by atoms with Gasteiger partial charge in [-0.05, 0) is 43.0 Å². The van der Waals surface area contributed by atoms with Crippen LogP contribution in [0.5, 0.6) is 0 Å². The quantitative estimate of drug-likeness (QED) is 0.716. The van der Waals surface area contributed by atoms with Crippen molar-refractivity contribution in [2.45, 2.75) is 51.5 Å². The van der Waals surface area contributed by atoms with Gasteiger partial charge in [0.1, 0.15) is 0 Å². The van der Waals surface area contributed by atoms with Gasteiger partial charge >= 0.3 is 0 Å². The number of nitrogens with zero attached hydrogens (tertiary/aromatic N) is 3. The zero-order valence-corrected chi connectivity index (χ0v) is 17.1. The number of carbonyl (C=O) groups is 1. The predicted octanol–water partition coefficient (Wildman–Crippen LogP) is 3.63. The lowest BCUT2D eigenvalue weighted by Crippen LogP contribution is -2.28. The summed E-state index contributed by atoms with van der Waals surface area (Å²) in [7, 11) is 0. The fourth-order valence-electron chi connectivity index (χ4n) is 3.72. The van der Waals surface area contributed by atoms with Gasteiger partial charge in [0.2, 0.25) is 0 Å². The zero-order chi connectivity index (χ0) is 20.6. The lowest BCUT2D eigenvalue weighted by Gasteiger charge is -2.21. The van der Waals surface area contributed by atoms with E-state index in [4.69, 9.17) is 10.8 Å². The Bertz CT molecular complexity index is 1030. The molecule has 150 valence electrons. The second-order valence-corrected chi connectivity index (χ2v) is 8.71. The van der Waals surface area contributed by atoms with Gasteiger partial charge < -0.3 is 11.1 Å². The Kier molecular flexibility index (Phi) is 4.96. The van der Waals surface area contributed by atoms with E-state index in [1.807, 2.05) is 36.4 Å². The van der Waals surface area contributed by atoms with Crippen molar-refractivity contribution in [3.05, 3.63) is 71.3 Å². The van der Waals surface area contributed by atoms with Gasteiger partial charge in [0.05, 0.1) is 28.8 Å². The molecule has 0 aliphatic heterocycles. The second-order valence-electron chi connectivity index (χ2n) is 8.71. The third-order valence-electron chi connectivity index (χ3n) is 5.24. The van der Waals surface area contributed by atoms with Crippen LogP contribution >= 0.6 is 0 Å². The molecule has 0 bridgehead atoms. The monoisotopic (exact) mass is 389 g/mol. The second kappa shape index (κ2) is 7.44. The van der Waals surface area contributed by atoms with Gasteiger partial charge in [-0.2, -0.15) is 5.10 Å². The maximum absolute atomic E-state index is 13.1. The first-order valence-electron chi connectivity index (χ1n) is 10.0. The molecule has 6 nitrogen and oxygen atoms in total. The number of pyridine rings is 1. The van der Waals surface area contributed by atoms with E-state index in [2.05, 4.69) is 31.1 Å². The molecule has 1 aliphatic carbocycles. The molecule has 0 spiro atoms. The van der Waals surface area contributed by atoms with E-state index in [0.29, 0.717) is 11.3 Å². The minimum absolute atomic E-state index is 0.159. The average molecular weight is 390 g/mol. The largest absolute Gasteiger partial charge is 0.327 e. The van der Waals surface area contributed by atoms with Crippen LogP contribution in [0.4, 0.5) is 5.69 Å². The van der Waals surface area contributed by atoms with Gasteiger partial charge in [-0.25, -0.2) is 4.68 Å². The van der Waals surface area contributed by atoms with Crippen LogP contribution in [0, 0.1) is 0 Å². The number of aryl methyl sites for hydroxylation is 1. The molecule has 2 aromatic heterocycles. The molecule has 1 aliphatic rings. The van der Waals surface area contributed by atoms with Crippen LogP contribution < -0.4 is 11.1 Å². The Morgan fingerprint density at radius 2 is 2.00 bits per heavy atom. The first kappa shape index (κ1) is 19.3. The van der Waals surface area contributed by atoms with Crippen molar-refractivity contribution in [3.63, 3.8) is 0 Å². The van der Waals surface area contributed by atoms with Crippen molar-refractivity contribution in [1.82, 2.24) is 14.8 Å². The van der Waals surface area contributed by atoms with Crippen LogP contribution in [0.25, 0.3) is 5.69 Å². The van der Waals surface area contributed by atoms with Crippen molar-refractivity contribution in [2.75, 3.05) is 5.32 Å². The molecule has 0 saturated heterocycles. The zero-order valence-electron chi connectivity index (χ0n) is 17.1. The summed E-state index contributed by atoms with van der Waals surface area (Å²) in [5.74, 6) is -0.182. The number of fused-ring (bicyclic) bond motifs is 1. The third-order valence-corrected chi connectivity index (χ3v) is 5.24. The fourth-order valence-corrected chi connectivity index (χ4v) is 3.72. The first-order valence-corrected chi connectivity index (χ1v) is 10.0. The van der Waals surface area contributed by atoms with Crippen LogP contribution in [0.15, 0.2) is 48.8 Å². The predicted molar refractivity (Wildman–Crippen MR) is 114 cm³/mol. The Labute approximate surface area is 171 Å². The molecule has 3 aromatic rings. The van der Waals surface area contributed by atoms with Crippen molar-refractivity contribution in [3.8, 4) is 5.69 Å². The van der Waals surface area contributed by atoms with Crippen LogP contribution in [-0.4, -0.2) is 26.7 Å². The summed E-state index contributed by atoms with van der Waals surface area (Å²) < 4.78 is 1.76. The molecular weight excluding hydrogens is 362 g/mol. The minimum atomic E-state index is -0.270. The molecule has 1 unspecified atom stereocenters. The fraction of sp³-hybridized carbons (Fsp3) is 0.348. The maximum atomic E-state index is 13.1. The molecule has 29 heavy (non-hydrogen) atoms. The van der Waals surface area contributed by atoms with E-state index >= 15 is 0 Å². The van der Waals surface area contributed by atoms with Gasteiger partial charge in [0.15, 0.2) is 0 Å². The Morgan fingerprint density at radius 3 is 2.72 bits per heavy atom. The highest BCUT2D eigenvalue weighted by Crippen LogP contribution is 2.27. The molecule has 0 fully saturated rings. The summed E-state index contributed by atoms with van der Waals surface area (Å²) >= 11 is 0. The highest BCUT2D eigenvalue weighted by molar-refractivity contribution is 6.05. The molecule has 1 aromatic carbocycles. The number of hydrogen-bond donors (Lipinski definition) is 2. The minimum Gasteiger partial charge on any atom is -0.327 e. The molecule has 3 N–H and O–H groups in total. The molecule has 6 heteroatoms. The standard InChI is InChI=1S/C23H27N5O/c1-23(2,3)21-19(14-28(27-21)18-7-5-4-6-8-18)22(29)26-17-12-15-11-16(24)9-10-20(15)25-13-17/h4-8,12-14,16H,9-11,24H2,1-3H3,(H,26,29). The summed E-state index contributed by atoms with van der Waals surface area (Å²) in [6.45, 7) is 6.18. The third kappa shape index (κ3) is 4.07. The van der Waals surface area contributed by atoms with E-state index < -0.39 is 0 Å². The van der Waals surface area contributed by atoms with Gasteiger partial charge in [0, 0.05) is 23.3 Å². The van der Waals surface area contributed by atoms with Crippen LogP contribution in [-0.2, 0) is 18.3 Å². The van der Waals surface area contributed by atoms with Crippen LogP contribution in [0.1, 0.15) is 54.5 Å². The number of nitrogens with two attached hydrogens (primary N) is 1. The number of para-hydroxylation sites is 1. The van der Waals surface area contributed by atoms with E-state index in [-0.39, 0.29) is 17.4 Å². The van der Waals surface area contributed by atoms with E-state index in [1.54, 1.807) is 17.1 Å². The summed E-state index contributed by atoms with van der Waals surface area (Å²) in [5.41, 5.74) is 11.0. The lowest BCUT2D eigenvalue weighted by molar-refractivity contribution is 0.102. The summed E-state index contributed by atoms with van der Waals surface area (Å²) in [6, 6.07) is 12.0. The topological polar surface area (TPSA) is 85.8 Å². The maximum Gasteiger partial charge on any atom is 0.259 e. The number of amides is 1. The molecule has 0 saturated carbocycles. The van der Waals surface area contributed by atoms with Gasteiger partial charge in [-0.1, -0.05) is 39.0 Å². The molecule has 1 atom stereocenters. The highest BCUT2D eigenvalue weighted by atomic mass is 16.1. The molecule has 0 radical (unpaired) electrons. The number of anilines is 1. The number of hydrogen-bond acceptors (Lipinski definition) is 4. The van der Waals surface area contributed by atoms with E-state index in [9.17, 15) is 4.79 Å². The summed E-state index contributed by atoms with van der Waals surface area (Å²) in [4.78, 5) is 17.7. The van der Waals surface area contributed by atoms with Crippen molar-refractivity contribution < 1.29 is 4.79 Å². The number of nitrogens with one attached hydrogen (secondary N) is 1. The van der Waals surface area contributed by atoms with E-state index in [1.165, 1.54) is 0 Å². The number of aromatic nitrogens is 3. The smallest absolute Gasteiger partial charge is 0.259 e. The average Bonchev–Trinajstić information content (AvgIpc) is 3.14. The summed E-state index contributed by atoms with van der Waals surface area (Å²) in [6.07, 6.45) is 6.17. The Morgan fingerprint density at radius 1 is 1.24 bits per heavy atom. The van der Waals surface area contributed by atoms with Crippen molar-refractivity contribution in [2.24, 2.45) is 5.73 Å². The number of rotatable bonds is 3. The number of carbonyl (C=O) groups excluding carboxylic acids is 1. The SMILES string of the molecule is CC(C)(C)c1nn(-c2ccccc2)cc1C(=O)Nc1cnc2c(c1)CC(N)CC2. The molecule has 2 heterocycles. The molecule has 4 rings (SSSR count). The van der Waals surface area contributed by atoms with Gasteiger partial charge in [-0.15, -0.1) is 0 Å². The Balaban J connectivity index is 1.65. The van der Waals surface area contributed by atoms with Crippen molar-refractivity contribution in [1.29, 1.82) is 0 Å². The van der Waals surface area contributed by atoms with Gasteiger partial charge in [-0.3, -0.25) is 9.78 Å². The van der Waals surface area contributed by atoms with Gasteiger partial charge in [0.25, 0.3) is 5.91 Å². The molecule has 1 amide bonds. The van der Waals surface area contributed by atoms with Crippen molar-refractivity contribution >= 4 is 11.6 Å². The van der Waals surface area contributed by atoms with Crippen LogP contribution in [0.3, 0.4) is 0 Å². The normalized spacial score (nSPS) is 16.3. The van der Waals surface area contributed by atoms with E-state index in [0.717, 1.165) is 41.9 Å². The first-order chi connectivity index (χ1) is 13.8. The van der Waals surface area contributed by atoms with Crippen LogP contribution in [0.2, 0.25) is 0 Å². The number of benzene rings is 1. The Hall–Kier alpha value is -2.99. The molecular formula is C23H27N5O. The highest BCUT2D eigenvalue weighted by Gasteiger charge is 2.27. The summed E-state index contributed by atoms with van der Waals surface area (Å²) in [5, 5.41) is 7.72. The lowest BCUT2D eigenvalue weighted by atomic mass is 9.89.